The molecule has 4 rings (SSSR count). The zero-order chi connectivity index (χ0) is 22.9. The fourth-order valence-electron chi connectivity index (χ4n) is 3.94. The van der Waals surface area contributed by atoms with E-state index in [9.17, 15) is 9.59 Å². The van der Waals surface area contributed by atoms with Crippen LogP contribution in [-0.4, -0.2) is 27.7 Å². The van der Waals surface area contributed by atoms with Gasteiger partial charge in [0.1, 0.15) is 6.61 Å². The number of aliphatic imine (C=N–C) groups is 1. The number of amides is 1. The average Bonchev–Trinajstić information content (AvgIpc) is 2.77. The van der Waals surface area contributed by atoms with Gasteiger partial charge in [-0.15, -0.1) is 0 Å². The van der Waals surface area contributed by atoms with Gasteiger partial charge in [-0.25, -0.2) is 9.79 Å². The third-order valence-corrected chi connectivity index (χ3v) is 6.69. The Morgan fingerprint density at radius 2 is 1.81 bits per heavy atom. The highest BCUT2D eigenvalue weighted by Crippen LogP contribution is 2.41. The number of carbonyl (C=O) groups excluding carboxylic acids is 2. The van der Waals surface area contributed by atoms with Crippen molar-refractivity contribution in [2.24, 2.45) is 4.99 Å². The van der Waals surface area contributed by atoms with Gasteiger partial charge in [0.2, 0.25) is 5.91 Å². The maximum Gasteiger partial charge on any atom is 0.338 e. The normalized spacial score (nSPS) is 18.9. The van der Waals surface area contributed by atoms with Crippen molar-refractivity contribution in [3.8, 4) is 0 Å². The maximum absolute atomic E-state index is 13.3. The molecule has 0 aromatic heterocycles. The van der Waals surface area contributed by atoms with E-state index in [1.54, 1.807) is 16.7 Å². The van der Waals surface area contributed by atoms with Crippen molar-refractivity contribution in [2.75, 3.05) is 5.75 Å². The molecule has 0 spiro atoms. The first-order valence-corrected chi connectivity index (χ1v) is 11.8. The molecule has 2 heterocycles. The molecule has 2 aliphatic rings. The van der Waals surface area contributed by atoms with Crippen LogP contribution >= 0.6 is 11.8 Å². The summed E-state index contributed by atoms with van der Waals surface area (Å²) in [6.07, 6.45) is 0.422. The second-order valence-corrected chi connectivity index (χ2v) is 10.2. The molecule has 0 saturated carbocycles. The van der Waals surface area contributed by atoms with Crippen LogP contribution in [0.25, 0.3) is 0 Å². The van der Waals surface area contributed by atoms with Gasteiger partial charge in [-0.1, -0.05) is 87.1 Å². The summed E-state index contributed by atoms with van der Waals surface area (Å²) in [5.41, 5.74) is 4.02. The molecule has 0 bridgehead atoms. The number of fused-ring (bicyclic) bond motifs is 1. The second-order valence-electron chi connectivity index (χ2n) is 9.09. The summed E-state index contributed by atoms with van der Waals surface area (Å²) >= 11 is 1.55. The topological polar surface area (TPSA) is 59.0 Å². The number of rotatable bonds is 4. The summed E-state index contributed by atoms with van der Waals surface area (Å²) in [5.74, 6) is 0.237. The van der Waals surface area contributed by atoms with Gasteiger partial charge in [-0.2, -0.15) is 0 Å². The molecule has 2 aromatic carbocycles. The Balaban J connectivity index is 1.71. The minimum Gasteiger partial charge on any atom is -0.457 e. The summed E-state index contributed by atoms with van der Waals surface area (Å²) in [4.78, 5) is 32.5. The highest BCUT2D eigenvalue weighted by molar-refractivity contribution is 8.14. The number of nitrogens with zero attached hydrogens (tertiary/aromatic N) is 2. The van der Waals surface area contributed by atoms with Crippen LogP contribution in [0.1, 0.15) is 56.8 Å². The molecule has 1 atom stereocenters. The molecule has 0 unspecified atom stereocenters. The number of esters is 1. The van der Waals surface area contributed by atoms with Crippen LogP contribution in [0, 0.1) is 0 Å². The monoisotopic (exact) mass is 448 g/mol. The summed E-state index contributed by atoms with van der Waals surface area (Å²) < 4.78 is 5.67. The SMILES string of the molecule is CC1=C(C(=O)OCc2ccccc2)[C@@H](c2ccc(C(C)(C)C)cc2)N2C(=O)CCSC2=N1. The lowest BCUT2D eigenvalue weighted by atomic mass is 9.85. The lowest BCUT2D eigenvalue weighted by molar-refractivity contribution is -0.141. The minimum atomic E-state index is -0.542. The molecule has 5 nitrogen and oxygen atoms in total. The number of amidine groups is 1. The average molecular weight is 449 g/mol. The summed E-state index contributed by atoms with van der Waals surface area (Å²) in [6, 6.07) is 17.2. The van der Waals surface area contributed by atoms with Crippen LogP contribution in [0.5, 0.6) is 0 Å². The van der Waals surface area contributed by atoms with Gasteiger partial charge in [-0.05, 0) is 29.0 Å². The third-order valence-electron chi connectivity index (χ3n) is 5.73. The van der Waals surface area contributed by atoms with Crippen molar-refractivity contribution in [1.82, 2.24) is 4.90 Å². The zero-order valence-electron chi connectivity index (χ0n) is 18.9. The van der Waals surface area contributed by atoms with E-state index < -0.39 is 12.0 Å². The summed E-state index contributed by atoms with van der Waals surface area (Å²) in [5, 5.41) is 0.656. The van der Waals surface area contributed by atoms with Crippen LogP contribution in [-0.2, 0) is 26.3 Å². The highest BCUT2D eigenvalue weighted by Gasteiger charge is 2.41. The molecular weight excluding hydrogens is 420 g/mol. The quantitative estimate of drug-likeness (QED) is 0.590. The number of hydrogen-bond acceptors (Lipinski definition) is 5. The predicted molar refractivity (Wildman–Crippen MR) is 128 cm³/mol. The van der Waals surface area contributed by atoms with Crippen molar-refractivity contribution in [3.63, 3.8) is 0 Å². The smallest absolute Gasteiger partial charge is 0.338 e. The summed E-state index contributed by atoms with van der Waals surface area (Å²) in [7, 11) is 0. The maximum atomic E-state index is 13.3. The molecule has 2 aromatic rings. The Morgan fingerprint density at radius 3 is 2.47 bits per heavy atom. The molecule has 0 radical (unpaired) electrons. The number of carbonyl (C=O) groups is 2. The van der Waals surface area contributed by atoms with E-state index in [-0.39, 0.29) is 17.9 Å². The molecule has 2 aliphatic heterocycles. The number of benzene rings is 2. The van der Waals surface area contributed by atoms with Gasteiger partial charge >= 0.3 is 5.97 Å². The Morgan fingerprint density at radius 1 is 1.12 bits per heavy atom. The van der Waals surface area contributed by atoms with Gasteiger partial charge < -0.3 is 4.74 Å². The standard InChI is InChI=1S/C26H28N2O3S/c1-17-22(24(30)31-16-18-8-6-5-7-9-18)23(28-21(29)14-15-32-25(28)27-17)19-10-12-20(13-11-19)26(2,3)4/h5-13,23H,14-16H2,1-4H3/t23-/m1/s1. The van der Waals surface area contributed by atoms with E-state index in [0.717, 1.165) is 11.1 Å². The van der Waals surface area contributed by atoms with Crippen molar-refractivity contribution in [2.45, 2.75) is 52.2 Å². The Kier molecular flexibility index (Phi) is 6.24. The van der Waals surface area contributed by atoms with Gasteiger partial charge in [0.15, 0.2) is 5.17 Å². The minimum absolute atomic E-state index is 0.0116. The molecule has 166 valence electrons. The van der Waals surface area contributed by atoms with E-state index in [1.165, 1.54) is 5.56 Å². The largest absolute Gasteiger partial charge is 0.457 e. The van der Waals surface area contributed by atoms with Gasteiger partial charge in [0.05, 0.1) is 17.3 Å². The Bertz CT molecular complexity index is 1080. The first kappa shape index (κ1) is 22.3. The molecular formula is C26H28N2O3S. The van der Waals surface area contributed by atoms with Crippen LogP contribution in [0.2, 0.25) is 0 Å². The van der Waals surface area contributed by atoms with Crippen molar-refractivity contribution < 1.29 is 14.3 Å². The summed E-state index contributed by atoms with van der Waals surface area (Å²) in [6.45, 7) is 8.48. The zero-order valence-corrected chi connectivity index (χ0v) is 19.7. The Hall–Kier alpha value is -2.86. The number of hydrogen-bond donors (Lipinski definition) is 0. The van der Waals surface area contributed by atoms with E-state index in [4.69, 9.17) is 4.74 Å². The molecule has 1 fully saturated rings. The molecule has 1 amide bonds. The van der Waals surface area contributed by atoms with Crippen LogP contribution in [0.3, 0.4) is 0 Å². The van der Waals surface area contributed by atoms with Gasteiger partial charge in [0.25, 0.3) is 0 Å². The van der Waals surface area contributed by atoms with Crippen LogP contribution in [0.15, 0.2) is 70.9 Å². The van der Waals surface area contributed by atoms with Gasteiger partial charge in [-0.3, -0.25) is 9.69 Å². The third kappa shape index (κ3) is 4.51. The first-order valence-electron chi connectivity index (χ1n) is 10.8. The Labute approximate surface area is 193 Å². The van der Waals surface area contributed by atoms with Crippen LogP contribution in [0.4, 0.5) is 0 Å². The van der Waals surface area contributed by atoms with Crippen molar-refractivity contribution in [1.29, 1.82) is 0 Å². The van der Waals surface area contributed by atoms with Crippen LogP contribution < -0.4 is 0 Å². The number of thioether (sulfide) groups is 1. The molecule has 1 saturated heterocycles. The second kappa shape index (κ2) is 8.94. The molecule has 6 heteroatoms. The lowest BCUT2D eigenvalue weighted by Crippen LogP contribution is -2.45. The molecule has 32 heavy (non-hydrogen) atoms. The highest BCUT2D eigenvalue weighted by atomic mass is 32.2. The molecule has 0 N–H and O–H groups in total. The van der Waals surface area contributed by atoms with E-state index in [0.29, 0.717) is 28.6 Å². The van der Waals surface area contributed by atoms with Gasteiger partial charge in [0, 0.05) is 12.2 Å². The van der Waals surface area contributed by atoms with Crippen molar-refractivity contribution >= 4 is 28.8 Å². The van der Waals surface area contributed by atoms with E-state index in [1.807, 2.05) is 49.4 Å². The van der Waals surface area contributed by atoms with Crippen molar-refractivity contribution in [3.05, 3.63) is 82.6 Å². The fourth-order valence-corrected chi connectivity index (χ4v) is 4.95. The van der Waals surface area contributed by atoms with E-state index in [2.05, 4.69) is 37.9 Å². The fraction of sp³-hybridized carbons (Fsp3) is 0.346. The van der Waals surface area contributed by atoms with E-state index >= 15 is 0 Å². The predicted octanol–water partition coefficient (Wildman–Crippen LogP) is 5.38. The first-order chi connectivity index (χ1) is 15.3. The molecule has 0 aliphatic carbocycles. The number of ether oxygens (including phenoxy) is 1. The number of allylic oxidation sites excluding steroid dienone is 1. The lowest BCUT2D eigenvalue weighted by Gasteiger charge is -2.39.